The summed E-state index contributed by atoms with van der Waals surface area (Å²) in [6.07, 6.45) is 0. The zero-order valence-corrected chi connectivity index (χ0v) is 3.71. The van der Waals surface area contributed by atoms with Crippen LogP contribution in [-0.2, 0) is 5.11 Å². The molecule has 0 fully saturated rings. The topological polar surface area (TPSA) is 19.9 Å². The lowest BCUT2D eigenvalue weighted by molar-refractivity contribution is 0.357. The van der Waals surface area contributed by atoms with Crippen molar-refractivity contribution in [2.75, 3.05) is 0 Å². The van der Waals surface area contributed by atoms with Gasteiger partial charge in [-0.1, -0.05) is 11.3 Å². The van der Waals surface area contributed by atoms with E-state index in [2.05, 4.69) is 11.4 Å². The van der Waals surface area contributed by atoms with Crippen molar-refractivity contribution in [2.24, 2.45) is 0 Å². The maximum Gasteiger partial charge on any atom is 0.240 e. The summed E-state index contributed by atoms with van der Waals surface area (Å²) in [4.78, 5) is 0. The van der Waals surface area contributed by atoms with Gasteiger partial charge in [-0.05, 0) is 11.4 Å². The summed E-state index contributed by atoms with van der Waals surface area (Å²) in [7, 11) is 0. The van der Waals surface area contributed by atoms with Crippen LogP contribution >= 0.6 is 11.3 Å². The number of hydrogen-bond acceptors (Lipinski definition) is 1. The molecule has 0 aromatic carbocycles. The van der Waals surface area contributed by atoms with Crippen molar-refractivity contribution in [3.8, 4) is 5.75 Å². The van der Waals surface area contributed by atoms with E-state index >= 15 is 0 Å². The molecule has 0 aliphatic rings. The van der Waals surface area contributed by atoms with Gasteiger partial charge in [-0.15, -0.1) is 0 Å². The van der Waals surface area contributed by atoms with E-state index < -0.39 is 0 Å². The van der Waals surface area contributed by atoms with Gasteiger partial charge in [0.1, 0.15) is 0 Å². The lowest BCUT2D eigenvalue weighted by atomic mass is 10.7. The minimum Gasteiger partial charge on any atom is -0.279 e. The summed E-state index contributed by atoms with van der Waals surface area (Å²) in [5, 5.41) is 14.0. The van der Waals surface area contributed by atoms with E-state index in [1.807, 2.05) is 0 Å². The van der Waals surface area contributed by atoms with E-state index in [4.69, 9.17) is 0 Å². The first kappa shape index (κ1) is 3.51. The molecular weight excluding hydrogens is 96.1 g/mol. The SMILES string of the molecule is [O]c1c#csc1. The predicted octanol–water partition coefficient (Wildman–Crippen LogP) is 1.49. The van der Waals surface area contributed by atoms with Crippen LogP contribution in [0.1, 0.15) is 0 Å². The maximum atomic E-state index is 9.99. The van der Waals surface area contributed by atoms with Gasteiger partial charge in [-0.3, -0.25) is 5.11 Å². The third kappa shape index (κ3) is 0.447. The van der Waals surface area contributed by atoms with E-state index in [1.165, 1.54) is 16.7 Å². The fourth-order valence-electron chi connectivity index (χ4n) is 0.192. The highest BCUT2D eigenvalue weighted by atomic mass is 32.1. The van der Waals surface area contributed by atoms with E-state index in [-0.39, 0.29) is 5.75 Å². The quantitative estimate of drug-likeness (QED) is 0.467. The minimum absolute atomic E-state index is 0.0694. The molecule has 0 saturated carbocycles. The fraction of sp³-hybridized carbons (Fsp3) is 0. The van der Waals surface area contributed by atoms with Gasteiger partial charge < -0.3 is 0 Å². The molecule has 29 valence electrons. The first-order valence-corrected chi connectivity index (χ1v) is 2.31. The zero-order valence-electron chi connectivity index (χ0n) is 2.89. The van der Waals surface area contributed by atoms with Crippen LogP contribution in [0.3, 0.4) is 0 Å². The molecule has 0 spiro atoms. The lowest BCUT2D eigenvalue weighted by Gasteiger charge is -1.55. The smallest absolute Gasteiger partial charge is 0.240 e. The molecule has 1 aromatic rings. The molecule has 1 nitrogen and oxygen atoms in total. The van der Waals surface area contributed by atoms with E-state index in [1.54, 1.807) is 0 Å². The standard InChI is InChI=1S/C4HOS/c5-4-1-2-6-3-4/h3H. The van der Waals surface area contributed by atoms with Crippen LogP contribution in [0.2, 0.25) is 0 Å². The third-order valence-corrected chi connectivity index (χ3v) is 0.951. The summed E-state index contributed by atoms with van der Waals surface area (Å²) in [6.45, 7) is 0. The molecule has 0 amide bonds. The second kappa shape index (κ2) is 1.19. The molecule has 1 aromatic heterocycles. The first-order chi connectivity index (χ1) is 2.89. The van der Waals surface area contributed by atoms with Crippen molar-refractivity contribution in [1.29, 1.82) is 0 Å². The van der Waals surface area contributed by atoms with E-state index in [0.29, 0.717) is 0 Å². The van der Waals surface area contributed by atoms with Crippen molar-refractivity contribution < 1.29 is 5.11 Å². The van der Waals surface area contributed by atoms with Gasteiger partial charge in [0.25, 0.3) is 0 Å². The molecule has 0 bridgehead atoms. The summed E-state index contributed by atoms with van der Waals surface area (Å²) >= 11 is 1.25. The highest BCUT2D eigenvalue weighted by Gasteiger charge is 1.78. The minimum atomic E-state index is -0.0694. The molecule has 0 N–H and O–H groups in total. The Balaban J connectivity index is 3.05. The Kier molecular flexibility index (Phi) is 0.697. The summed E-state index contributed by atoms with van der Waals surface area (Å²) in [5.41, 5.74) is 0. The van der Waals surface area contributed by atoms with Gasteiger partial charge in [-0.25, -0.2) is 0 Å². The summed E-state index contributed by atoms with van der Waals surface area (Å²) < 4.78 is 0. The summed E-state index contributed by atoms with van der Waals surface area (Å²) in [5.74, 6) is -0.0694. The highest BCUT2D eigenvalue weighted by molar-refractivity contribution is 7.07. The average Bonchev–Trinajstić information content (AvgIpc) is 1.86. The fourth-order valence-corrected chi connectivity index (χ4v) is 0.577. The van der Waals surface area contributed by atoms with Crippen LogP contribution in [0.4, 0.5) is 0 Å². The molecule has 2 heteroatoms. The Morgan fingerprint density at radius 3 is 2.83 bits per heavy atom. The second-order valence-corrected chi connectivity index (χ2v) is 1.50. The van der Waals surface area contributed by atoms with Gasteiger partial charge in [0, 0.05) is 0 Å². The van der Waals surface area contributed by atoms with Gasteiger partial charge in [0.2, 0.25) is 5.75 Å². The van der Waals surface area contributed by atoms with Crippen molar-refractivity contribution in [3.05, 3.63) is 16.8 Å². The molecule has 0 unspecified atom stereocenters. The van der Waals surface area contributed by atoms with Crippen LogP contribution in [-0.4, -0.2) is 0 Å². The highest BCUT2D eigenvalue weighted by Crippen LogP contribution is 2.04. The molecule has 1 radical (unpaired) electrons. The molecule has 1 rings (SSSR count). The molecule has 0 aliphatic carbocycles. The molecule has 0 atom stereocenters. The summed E-state index contributed by atoms with van der Waals surface area (Å²) in [6, 6.07) is 2.34. The van der Waals surface area contributed by atoms with Crippen molar-refractivity contribution in [1.82, 2.24) is 0 Å². The Morgan fingerprint density at radius 2 is 2.67 bits per heavy atom. The number of hydrogen-bond donors (Lipinski definition) is 0. The van der Waals surface area contributed by atoms with Gasteiger partial charge in [0.05, 0.1) is 5.38 Å². The molecule has 0 aliphatic heterocycles. The van der Waals surface area contributed by atoms with Crippen LogP contribution in [0.5, 0.6) is 5.75 Å². The lowest BCUT2D eigenvalue weighted by Crippen LogP contribution is -1.34. The van der Waals surface area contributed by atoms with Gasteiger partial charge in [-0.2, -0.15) is 0 Å². The van der Waals surface area contributed by atoms with Crippen molar-refractivity contribution in [3.63, 3.8) is 0 Å². The predicted molar refractivity (Wildman–Crippen MR) is 22.1 cm³/mol. The molecule has 6 heavy (non-hydrogen) atoms. The largest absolute Gasteiger partial charge is 0.279 e. The normalized spacial score (nSPS) is 7.33. The monoisotopic (exact) mass is 97.0 g/mol. The van der Waals surface area contributed by atoms with Crippen LogP contribution in [0.25, 0.3) is 0 Å². The average molecular weight is 97.1 g/mol. The molecule has 0 saturated heterocycles. The Morgan fingerprint density at radius 1 is 1.83 bits per heavy atom. The van der Waals surface area contributed by atoms with Crippen LogP contribution in [0.15, 0.2) is 5.38 Å². The first-order valence-electron chi connectivity index (χ1n) is 1.43. The van der Waals surface area contributed by atoms with Crippen molar-refractivity contribution in [2.45, 2.75) is 0 Å². The Bertz CT molecular complexity index is 111. The zero-order chi connectivity index (χ0) is 4.41. The van der Waals surface area contributed by atoms with Gasteiger partial charge >= 0.3 is 0 Å². The maximum absolute atomic E-state index is 9.99. The Labute approximate surface area is 39.9 Å². The van der Waals surface area contributed by atoms with Gasteiger partial charge in [0.15, 0.2) is 0 Å². The Hall–Kier alpha value is -0.680. The van der Waals surface area contributed by atoms with Crippen LogP contribution in [0, 0.1) is 11.4 Å². The van der Waals surface area contributed by atoms with Crippen molar-refractivity contribution >= 4 is 11.3 Å². The second-order valence-electron chi connectivity index (χ2n) is 0.827. The van der Waals surface area contributed by atoms with Crippen LogP contribution < -0.4 is 0 Å². The van der Waals surface area contributed by atoms with E-state index in [9.17, 15) is 5.11 Å². The molecule has 1 heterocycles. The molecular formula is C4HOS. The number of rotatable bonds is 0. The van der Waals surface area contributed by atoms with E-state index in [0.717, 1.165) is 0 Å². The third-order valence-electron chi connectivity index (χ3n) is 0.399.